The summed E-state index contributed by atoms with van der Waals surface area (Å²) in [4.78, 5) is 2.60. The number of hydrogen-bond acceptors (Lipinski definition) is 1. The molecule has 0 N–H and O–H groups in total. The molecule has 0 saturated heterocycles. The number of hydrogen-bond donors (Lipinski definition) is 0. The van der Waals surface area contributed by atoms with E-state index in [0.29, 0.717) is 0 Å². The Hall–Kier alpha value is -2.77. The summed E-state index contributed by atoms with van der Waals surface area (Å²) in [6.45, 7) is 2.22. The molecule has 0 amide bonds. The van der Waals surface area contributed by atoms with E-state index >= 15 is 0 Å². The molecule has 0 fully saturated rings. The van der Waals surface area contributed by atoms with Gasteiger partial charge < -0.3 is 0 Å². The molecule has 0 radical (unpaired) electrons. The largest absolute Gasteiger partial charge is 0.0935 e. The molecule has 0 spiro atoms. The fourth-order valence-corrected chi connectivity index (χ4v) is 4.39. The van der Waals surface area contributed by atoms with E-state index in [9.17, 15) is 0 Å². The van der Waals surface area contributed by atoms with Gasteiger partial charge >= 0.3 is 0 Å². The lowest BCUT2D eigenvalue weighted by atomic mass is 9.98. The molecular weight excluding hydrogens is 332 g/mol. The molecule has 26 heavy (non-hydrogen) atoms. The summed E-state index contributed by atoms with van der Waals surface area (Å²) in [5, 5.41) is 2.59. The second-order valence-corrected chi connectivity index (χ2v) is 7.50. The third kappa shape index (κ3) is 3.44. The third-order valence-electron chi connectivity index (χ3n) is 4.49. The maximum Gasteiger partial charge on any atom is 0.0197 e. The molecule has 0 aliphatic rings. The molecule has 4 rings (SSSR count). The predicted octanol–water partition coefficient (Wildman–Crippen LogP) is 7.41. The molecule has 0 unspecified atom stereocenters. The molecule has 0 aliphatic carbocycles. The summed E-state index contributed by atoms with van der Waals surface area (Å²) < 4.78 is 0. The molecule has 4 aromatic rings. The van der Waals surface area contributed by atoms with Crippen LogP contribution < -0.4 is 0 Å². The number of fused-ring (bicyclic) bond motifs is 1. The Bertz CT molecular complexity index is 1000. The van der Waals surface area contributed by atoms with Crippen LogP contribution in [-0.4, -0.2) is 0 Å². The lowest BCUT2D eigenvalue weighted by Gasteiger charge is -2.14. The van der Waals surface area contributed by atoms with E-state index in [2.05, 4.69) is 110 Å². The normalized spacial score (nSPS) is 10.7. The highest BCUT2D eigenvalue weighted by atomic mass is 32.2. The SMILES string of the molecule is CC(Sc1cccc2ccccc12)=C(c1ccccc1)c1ccccc1. The average molecular weight is 353 g/mol. The van der Waals surface area contributed by atoms with Crippen LogP contribution in [0.1, 0.15) is 18.1 Å². The molecule has 1 heteroatoms. The van der Waals surface area contributed by atoms with Gasteiger partial charge in [0, 0.05) is 4.90 Å². The summed E-state index contributed by atoms with van der Waals surface area (Å²) in [6, 6.07) is 36.4. The van der Waals surface area contributed by atoms with Crippen LogP contribution in [0.3, 0.4) is 0 Å². The minimum absolute atomic E-state index is 1.25. The summed E-state index contributed by atoms with van der Waals surface area (Å²) in [5.74, 6) is 0. The number of thioether (sulfide) groups is 1. The third-order valence-corrected chi connectivity index (χ3v) is 5.58. The van der Waals surface area contributed by atoms with Gasteiger partial charge in [0.25, 0.3) is 0 Å². The fraction of sp³-hybridized carbons (Fsp3) is 0.0400. The van der Waals surface area contributed by atoms with Gasteiger partial charge in [0.1, 0.15) is 0 Å². The van der Waals surface area contributed by atoms with E-state index in [4.69, 9.17) is 0 Å². The van der Waals surface area contributed by atoms with Gasteiger partial charge in [-0.05, 0) is 45.4 Å². The second-order valence-electron chi connectivity index (χ2n) is 6.24. The smallest absolute Gasteiger partial charge is 0.0197 e. The molecule has 0 heterocycles. The molecule has 126 valence electrons. The first-order chi connectivity index (χ1) is 12.8. The van der Waals surface area contributed by atoms with Gasteiger partial charge in [-0.1, -0.05) is 109 Å². The molecule has 0 nitrogen and oxygen atoms in total. The molecule has 0 bridgehead atoms. The van der Waals surface area contributed by atoms with Crippen LogP contribution in [0.2, 0.25) is 0 Å². The van der Waals surface area contributed by atoms with E-state index in [1.165, 1.54) is 37.3 Å². The van der Waals surface area contributed by atoms with Crippen molar-refractivity contribution in [1.29, 1.82) is 0 Å². The quantitative estimate of drug-likeness (QED) is 0.344. The van der Waals surface area contributed by atoms with Crippen molar-refractivity contribution in [2.45, 2.75) is 11.8 Å². The van der Waals surface area contributed by atoms with Crippen LogP contribution in [0.5, 0.6) is 0 Å². The highest BCUT2D eigenvalue weighted by Gasteiger charge is 2.11. The van der Waals surface area contributed by atoms with Crippen LogP contribution >= 0.6 is 11.8 Å². The summed E-state index contributed by atoms with van der Waals surface area (Å²) in [5.41, 5.74) is 3.80. The summed E-state index contributed by atoms with van der Waals surface area (Å²) in [6.07, 6.45) is 0. The highest BCUT2D eigenvalue weighted by Crippen LogP contribution is 2.38. The van der Waals surface area contributed by atoms with Crippen LogP contribution in [0, 0.1) is 0 Å². The minimum Gasteiger partial charge on any atom is -0.0935 e. The Balaban J connectivity index is 1.84. The van der Waals surface area contributed by atoms with E-state index in [1.54, 1.807) is 0 Å². The Morgan fingerprint density at radius 3 is 1.77 bits per heavy atom. The first-order valence-corrected chi connectivity index (χ1v) is 9.62. The van der Waals surface area contributed by atoms with Gasteiger partial charge in [0.2, 0.25) is 0 Å². The maximum absolute atomic E-state index is 2.22. The number of rotatable bonds is 4. The van der Waals surface area contributed by atoms with Gasteiger partial charge in [-0.15, -0.1) is 0 Å². The van der Waals surface area contributed by atoms with Crippen LogP contribution in [0.25, 0.3) is 16.3 Å². The van der Waals surface area contributed by atoms with E-state index in [0.717, 1.165) is 0 Å². The topological polar surface area (TPSA) is 0 Å². The van der Waals surface area contributed by atoms with Crippen molar-refractivity contribution >= 4 is 28.1 Å². The second kappa shape index (κ2) is 7.63. The van der Waals surface area contributed by atoms with Crippen molar-refractivity contribution < 1.29 is 0 Å². The Kier molecular flexibility index (Phi) is 4.90. The monoisotopic (exact) mass is 352 g/mol. The van der Waals surface area contributed by atoms with Crippen molar-refractivity contribution in [2.24, 2.45) is 0 Å². The molecule has 0 aromatic heterocycles. The fourth-order valence-electron chi connectivity index (χ4n) is 3.28. The van der Waals surface area contributed by atoms with Crippen LogP contribution in [0.15, 0.2) is 113 Å². The Morgan fingerprint density at radius 1 is 0.577 bits per heavy atom. The van der Waals surface area contributed by atoms with Crippen LogP contribution in [0.4, 0.5) is 0 Å². The van der Waals surface area contributed by atoms with Gasteiger partial charge in [0.15, 0.2) is 0 Å². The maximum atomic E-state index is 2.22. The number of allylic oxidation sites excluding steroid dienone is 1. The standard InChI is InChI=1S/C25H20S/c1-19(26-24-18-10-16-20-11-8-9-17-23(20)24)25(21-12-4-2-5-13-21)22-14-6-3-7-15-22/h2-18H,1H3. The zero-order chi connectivity index (χ0) is 17.8. The van der Waals surface area contributed by atoms with Crippen molar-refractivity contribution in [1.82, 2.24) is 0 Å². The van der Waals surface area contributed by atoms with E-state index < -0.39 is 0 Å². The van der Waals surface area contributed by atoms with Gasteiger partial charge in [0.05, 0.1) is 0 Å². The van der Waals surface area contributed by atoms with Gasteiger partial charge in [-0.2, -0.15) is 0 Å². The summed E-state index contributed by atoms with van der Waals surface area (Å²) in [7, 11) is 0. The molecule has 0 saturated carbocycles. The average Bonchev–Trinajstić information content (AvgIpc) is 2.70. The lowest BCUT2D eigenvalue weighted by molar-refractivity contribution is 1.50. The van der Waals surface area contributed by atoms with Crippen molar-refractivity contribution in [3.63, 3.8) is 0 Å². The molecule has 0 aliphatic heterocycles. The van der Waals surface area contributed by atoms with Gasteiger partial charge in [-0.25, -0.2) is 0 Å². The van der Waals surface area contributed by atoms with Crippen LogP contribution in [-0.2, 0) is 0 Å². The number of benzene rings is 4. The highest BCUT2D eigenvalue weighted by molar-refractivity contribution is 8.03. The van der Waals surface area contributed by atoms with Crippen molar-refractivity contribution in [3.8, 4) is 0 Å². The molecular formula is C25H20S. The Labute approximate surface area is 159 Å². The zero-order valence-corrected chi connectivity index (χ0v) is 15.5. The van der Waals surface area contributed by atoms with Crippen molar-refractivity contribution in [3.05, 3.63) is 119 Å². The zero-order valence-electron chi connectivity index (χ0n) is 14.7. The van der Waals surface area contributed by atoms with Gasteiger partial charge in [-0.3, -0.25) is 0 Å². The predicted molar refractivity (Wildman–Crippen MR) is 114 cm³/mol. The molecule has 4 aromatic carbocycles. The summed E-state index contributed by atoms with van der Waals surface area (Å²) >= 11 is 1.85. The first-order valence-electron chi connectivity index (χ1n) is 8.80. The van der Waals surface area contributed by atoms with E-state index in [-0.39, 0.29) is 0 Å². The first kappa shape index (κ1) is 16.7. The minimum atomic E-state index is 1.25. The molecule has 0 atom stereocenters. The lowest BCUT2D eigenvalue weighted by Crippen LogP contribution is -1.91. The van der Waals surface area contributed by atoms with Crippen molar-refractivity contribution in [2.75, 3.05) is 0 Å². The Morgan fingerprint density at radius 2 is 1.12 bits per heavy atom. The van der Waals surface area contributed by atoms with E-state index in [1.807, 2.05) is 11.8 Å².